The largest absolute Gasteiger partial charge is 0.390 e. The first-order valence-electron chi connectivity index (χ1n) is 8.42. The molecule has 0 aliphatic rings. The number of aromatic nitrogens is 4. The predicted octanol–water partition coefficient (Wildman–Crippen LogP) is 2.28. The zero-order valence-corrected chi connectivity index (χ0v) is 16.7. The van der Waals surface area contributed by atoms with E-state index in [2.05, 4.69) is 19.9 Å². The monoisotopic (exact) mass is 402 g/mol. The van der Waals surface area contributed by atoms with Crippen molar-refractivity contribution < 1.29 is 17.7 Å². The Morgan fingerprint density at radius 2 is 1.36 bits per heavy atom. The van der Waals surface area contributed by atoms with Gasteiger partial charge in [-0.05, 0) is 32.9 Å². The van der Waals surface area contributed by atoms with E-state index in [1.165, 1.54) is 18.3 Å². The molecule has 2 heterocycles. The van der Waals surface area contributed by atoms with E-state index in [1.807, 2.05) is 13.8 Å². The number of hydrogen-bond acceptors (Lipinski definition) is 8. The summed E-state index contributed by atoms with van der Waals surface area (Å²) in [6.07, 6.45) is 6.26. The highest BCUT2D eigenvalue weighted by molar-refractivity contribution is 7.86. The third-order valence-corrected chi connectivity index (χ3v) is 4.78. The van der Waals surface area contributed by atoms with Crippen molar-refractivity contribution in [1.82, 2.24) is 19.9 Å². The average Bonchev–Trinajstić information content (AvgIpc) is 2.69. The molecule has 0 spiro atoms. The standard InChI is InChI=1S/C13H14N2O3S.C6H8N2O/c1-10-3-5-13(6-4-10)19(16,17)18-9-12-8-14-11(2)7-15-12;1-5-2-8-6(4-9)3-7-5/h3-8H,9H2,1-2H3;2-3,9H,4H2,1H3. The molecule has 2 aromatic heterocycles. The molecule has 148 valence electrons. The SMILES string of the molecule is Cc1ccc(S(=O)(=O)OCc2cnc(C)cn2)cc1.Cc1cnc(CO)cn1. The molecule has 0 bridgehead atoms. The quantitative estimate of drug-likeness (QED) is 0.646. The Morgan fingerprint density at radius 3 is 1.82 bits per heavy atom. The molecule has 3 aromatic rings. The van der Waals surface area contributed by atoms with Crippen LogP contribution in [0.1, 0.15) is 28.3 Å². The van der Waals surface area contributed by atoms with E-state index >= 15 is 0 Å². The predicted molar refractivity (Wildman–Crippen MR) is 103 cm³/mol. The van der Waals surface area contributed by atoms with Crippen molar-refractivity contribution in [2.75, 3.05) is 0 Å². The maximum absolute atomic E-state index is 11.9. The summed E-state index contributed by atoms with van der Waals surface area (Å²) in [5.74, 6) is 0. The van der Waals surface area contributed by atoms with Gasteiger partial charge in [0.05, 0.1) is 46.7 Å². The Morgan fingerprint density at radius 1 is 0.821 bits per heavy atom. The number of aryl methyl sites for hydroxylation is 3. The third-order valence-electron chi connectivity index (χ3n) is 3.50. The highest BCUT2D eigenvalue weighted by Crippen LogP contribution is 2.14. The topological polar surface area (TPSA) is 115 Å². The van der Waals surface area contributed by atoms with Crippen molar-refractivity contribution in [2.45, 2.75) is 38.9 Å². The van der Waals surface area contributed by atoms with Gasteiger partial charge in [0.2, 0.25) is 0 Å². The molecule has 9 heteroatoms. The third kappa shape index (κ3) is 6.76. The van der Waals surface area contributed by atoms with Crippen LogP contribution in [0.25, 0.3) is 0 Å². The first-order valence-corrected chi connectivity index (χ1v) is 9.83. The van der Waals surface area contributed by atoms with E-state index in [1.54, 1.807) is 37.6 Å². The van der Waals surface area contributed by atoms with Crippen molar-refractivity contribution in [3.8, 4) is 0 Å². The average molecular weight is 402 g/mol. The van der Waals surface area contributed by atoms with Crippen LogP contribution in [0.4, 0.5) is 0 Å². The van der Waals surface area contributed by atoms with E-state index in [0.717, 1.165) is 17.0 Å². The molecule has 0 radical (unpaired) electrons. The van der Waals surface area contributed by atoms with Gasteiger partial charge in [-0.25, -0.2) is 0 Å². The zero-order valence-electron chi connectivity index (χ0n) is 15.9. The molecule has 3 rings (SSSR count). The molecule has 1 aromatic carbocycles. The van der Waals surface area contributed by atoms with E-state index < -0.39 is 10.1 Å². The van der Waals surface area contributed by atoms with Crippen LogP contribution in [0.2, 0.25) is 0 Å². The lowest BCUT2D eigenvalue weighted by Crippen LogP contribution is -2.07. The maximum Gasteiger partial charge on any atom is 0.297 e. The molecule has 1 N–H and O–H groups in total. The summed E-state index contributed by atoms with van der Waals surface area (Å²) in [5, 5.41) is 8.53. The van der Waals surface area contributed by atoms with Gasteiger partial charge in [-0.1, -0.05) is 17.7 Å². The Hall–Kier alpha value is -2.75. The van der Waals surface area contributed by atoms with Crippen LogP contribution in [0, 0.1) is 20.8 Å². The van der Waals surface area contributed by atoms with E-state index in [-0.39, 0.29) is 18.1 Å². The second-order valence-electron chi connectivity index (χ2n) is 5.99. The number of rotatable bonds is 5. The molecule has 28 heavy (non-hydrogen) atoms. The van der Waals surface area contributed by atoms with E-state index in [9.17, 15) is 8.42 Å². The van der Waals surface area contributed by atoms with Crippen molar-refractivity contribution >= 4 is 10.1 Å². The van der Waals surface area contributed by atoms with Gasteiger partial charge in [-0.15, -0.1) is 0 Å². The fourth-order valence-corrected chi connectivity index (χ4v) is 2.79. The van der Waals surface area contributed by atoms with E-state index in [4.69, 9.17) is 9.29 Å². The summed E-state index contributed by atoms with van der Waals surface area (Å²) in [6.45, 7) is 5.39. The Labute approximate surface area is 164 Å². The first-order chi connectivity index (χ1) is 13.3. The number of aliphatic hydroxyl groups is 1. The van der Waals surface area contributed by atoms with Crippen molar-refractivity contribution in [2.24, 2.45) is 0 Å². The van der Waals surface area contributed by atoms with Crippen LogP contribution in [-0.4, -0.2) is 33.5 Å². The Kier molecular flexibility index (Phi) is 7.68. The van der Waals surface area contributed by atoms with Gasteiger partial charge in [-0.2, -0.15) is 8.42 Å². The first kappa shape index (κ1) is 21.5. The molecular weight excluding hydrogens is 380 g/mol. The summed E-state index contributed by atoms with van der Waals surface area (Å²) in [5.41, 5.74) is 3.71. The minimum absolute atomic E-state index is 0.0344. The molecule has 8 nitrogen and oxygen atoms in total. The highest BCUT2D eigenvalue weighted by atomic mass is 32.2. The number of aliphatic hydroxyl groups excluding tert-OH is 1. The highest BCUT2D eigenvalue weighted by Gasteiger charge is 2.15. The fourth-order valence-electron chi connectivity index (χ4n) is 1.91. The van der Waals surface area contributed by atoms with Gasteiger partial charge in [0.15, 0.2) is 0 Å². The molecule has 0 amide bonds. The van der Waals surface area contributed by atoms with Gasteiger partial charge < -0.3 is 5.11 Å². The van der Waals surface area contributed by atoms with Crippen LogP contribution < -0.4 is 0 Å². The van der Waals surface area contributed by atoms with Crippen LogP contribution in [-0.2, 0) is 27.5 Å². The molecule has 0 atom stereocenters. The van der Waals surface area contributed by atoms with Crippen LogP contribution in [0.15, 0.2) is 53.9 Å². The lowest BCUT2D eigenvalue weighted by Gasteiger charge is -2.05. The normalized spacial score (nSPS) is 10.9. The van der Waals surface area contributed by atoms with Gasteiger partial charge in [0.25, 0.3) is 10.1 Å². The van der Waals surface area contributed by atoms with Crippen LogP contribution in [0.5, 0.6) is 0 Å². The lowest BCUT2D eigenvalue weighted by molar-refractivity contribution is 0.276. The Bertz CT molecular complexity index is 974. The molecule has 0 aliphatic heterocycles. The summed E-state index contributed by atoms with van der Waals surface area (Å²) < 4.78 is 28.8. The molecule has 0 saturated carbocycles. The summed E-state index contributed by atoms with van der Waals surface area (Å²) in [4.78, 5) is 16.0. The van der Waals surface area contributed by atoms with Gasteiger partial charge in [0.1, 0.15) is 6.61 Å². The van der Waals surface area contributed by atoms with Gasteiger partial charge in [-0.3, -0.25) is 24.1 Å². The van der Waals surface area contributed by atoms with Crippen molar-refractivity contribution in [1.29, 1.82) is 0 Å². The van der Waals surface area contributed by atoms with E-state index in [0.29, 0.717) is 11.4 Å². The molecule has 0 saturated heterocycles. The van der Waals surface area contributed by atoms with Crippen LogP contribution in [0.3, 0.4) is 0 Å². The zero-order chi connectivity index (χ0) is 20.6. The number of nitrogens with zero attached hydrogens (tertiary/aromatic N) is 4. The number of benzene rings is 1. The van der Waals surface area contributed by atoms with Gasteiger partial charge >= 0.3 is 0 Å². The summed E-state index contributed by atoms with van der Waals surface area (Å²) in [7, 11) is -3.75. The van der Waals surface area contributed by atoms with Crippen molar-refractivity contribution in [3.63, 3.8) is 0 Å². The second-order valence-corrected chi connectivity index (χ2v) is 7.60. The minimum Gasteiger partial charge on any atom is -0.390 e. The van der Waals surface area contributed by atoms with Gasteiger partial charge in [0, 0.05) is 12.4 Å². The van der Waals surface area contributed by atoms with Crippen molar-refractivity contribution in [3.05, 3.63) is 77.4 Å². The molecule has 0 fully saturated rings. The summed E-state index contributed by atoms with van der Waals surface area (Å²) in [6, 6.07) is 6.49. The lowest BCUT2D eigenvalue weighted by atomic mass is 10.2. The smallest absolute Gasteiger partial charge is 0.297 e. The summed E-state index contributed by atoms with van der Waals surface area (Å²) >= 11 is 0. The minimum atomic E-state index is -3.75. The van der Waals surface area contributed by atoms with Crippen LogP contribution >= 0.6 is 0 Å². The molecule has 0 unspecified atom stereocenters. The maximum atomic E-state index is 11.9. The number of hydrogen-bond donors (Lipinski definition) is 1. The molecular formula is C19H22N4O4S. The molecule has 0 aliphatic carbocycles. The fraction of sp³-hybridized carbons (Fsp3) is 0.263. The second kappa shape index (κ2) is 9.98. The Balaban J connectivity index is 0.000000261.